The van der Waals surface area contributed by atoms with Crippen LogP contribution in [0.3, 0.4) is 0 Å². The number of benzene rings is 1. The van der Waals surface area contributed by atoms with Gasteiger partial charge in [-0.05, 0) is 24.8 Å². The van der Waals surface area contributed by atoms with E-state index < -0.39 is 11.3 Å². The van der Waals surface area contributed by atoms with Crippen LogP contribution in [0.5, 0.6) is 0 Å². The molecule has 1 aliphatic carbocycles. The molecule has 1 aromatic rings. The van der Waals surface area contributed by atoms with Crippen molar-refractivity contribution in [2.75, 3.05) is 5.32 Å². The zero-order valence-corrected chi connectivity index (χ0v) is 12.0. The lowest BCUT2D eigenvalue weighted by Crippen LogP contribution is -2.27. The van der Waals surface area contributed by atoms with Crippen LogP contribution >= 0.6 is 0 Å². The first kappa shape index (κ1) is 15.7. The van der Waals surface area contributed by atoms with Gasteiger partial charge in [-0.3, -0.25) is 10.1 Å². The molecule has 0 amide bonds. The van der Waals surface area contributed by atoms with Crippen LogP contribution in [-0.4, -0.2) is 11.0 Å². The molecule has 2 unspecified atom stereocenters. The summed E-state index contributed by atoms with van der Waals surface area (Å²) in [5.74, 6) is 0.629. The number of nitrogens with zero attached hydrogens (tertiary/aromatic N) is 1. The van der Waals surface area contributed by atoms with Gasteiger partial charge >= 0.3 is 0 Å². The Balaban J connectivity index is 2.17. The van der Waals surface area contributed by atoms with Crippen LogP contribution in [0.4, 0.5) is 20.2 Å². The van der Waals surface area contributed by atoms with Crippen LogP contribution in [-0.2, 0) is 0 Å². The fourth-order valence-corrected chi connectivity index (χ4v) is 2.99. The third-order valence-electron chi connectivity index (χ3n) is 4.20. The van der Waals surface area contributed by atoms with E-state index in [2.05, 4.69) is 12.2 Å². The zero-order chi connectivity index (χ0) is 15.4. The molecular formula is C15H20F2N2O2. The number of halogens is 2. The van der Waals surface area contributed by atoms with E-state index in [1.807, 2.05) is 0 Å². The Morgan fingerprint density at radius 3 is 2.81 bits per heavy atom. The molecule has 116 valence electrons. The van der Waals surface area contributed by atoms with Crippen LogP contribution in [0.2, 0.25) is 0 Å². The van der Waals surface area contributed by atoms with Crippen molar-refractivity contribution in [2.45, 2.75) is 51.5 Å². The van der Waals surface area contributed by atoms with Crippen molar-refractivity contribution < 1.29 is 13.7 Å². The summed E-state index contributed by atoms with van der Waals surface area (Å²) in [5.41, 5.74) is -0.272. The molecule has 2 atom stereocenters. The summed E-state index contributed by atoms with van der Waals surface area (Å²) in [5, 5.41) is 13.9. The van der Waals surface area contributed by atoms with Crippen LogP contribution in [0.25, 0.3) is 0 Å². The summed E-state index contributed by atoms with van der Waals surface area (Å²) in [6.07, 6.45) is 2.58. The topological polar surface area (TPSA) is 55.2 Å². The smallest absolute Gasteiger partial charge is 0.270 e. The summed E-state index contributed by atoms with van der Waals surface area (Å²) >= 11 is 0. The van der Waals surface area contributed by atoms with Gasteiger partial charge in [0.2, 0.25) is 0 Å². The van der Waals surface area contributed by atoms with Gasteiger partial charge in [-0.1, -0.05) is 26.2 Å². The summed E-state index contributed by atoms with van der Waals surface area (Å²) in [6, 6.07) is 3.80. The molecule has 6 heteroatoms. The van der Waals surface area contributed by atoms with Crippen molar-refractivity contribution in [1.29, 1.82) is 0 Å². The van der Waals surface area contributed by atoms with Gasteiger partial charge < -0.3 is 5.32 Å². The number of anilines is 1. The van der Waals surface area contributed by atoms with Crippen LogP contribution < -0.4 is 5.32 Å². The summed E-state index contributed by atoms with van der Waals surface area (Å²) in [7, 11) is 0. The van der Waals surface area contributed by atoms with Crippen molar-refractivity contribution in [2.24, 2.45) is 5.92 Å². The molecule has 1 aliphatic rings. The van der Waals surface area contributed by atoms with E-state index >= 15 is 0 Å². The Morgan fingerprint density at radius 1 is 1.43 bits per heavy atom. The normalized spacial score (nSPS) is 22.3. The number of non-ortho nitro benzene ring substituents is 1. The number of rotatable bonds is 5. The Morgan fingerprint density at radius 2 is 2.19 bits per heavy atom. The highest BCUT2D eigenvalue weighted by atomic mass is 19.3. The fraction of sp³-hybridized carbons (Fsp3) is 0.600. The molecule has 1 saturated carbocycles. The minimum Gasteiger partial charge on any atom is -0.382 e. The molecule has 1 N–H and O–H groups in total. The Hall–Kier alpha value is -1.72. The number of alkyl halides is 2. The predicted molar refractivity (Wildman–Crippen MR) is 77.7 cm³/mol. The van der Waals surface area contributed by atoms with Crippen LogP contribution in [0.15, 0.2) is 18.2 Å². The molecular weight excluding hydrogens is 278 g/mol. The summed E-state index contributed by atoms with van der Waals surface area (Å²) in [4.78, 5) is 10.0. The second kappa shape index (κ2) is 6.83. The van der Waals surface area contributed by atoms with Crippen LogP contribution in [0, 0.1) is 16.0 Å². The third-order valence-corrected chi connectivity index (χ3v) is 4.20. The lowest BCUT2D eigenvalue weighted by atomic mass is 9.84. The maximum atomic E-state index is 13.1. The number of nitro benzene ring substituents is 1. The molecule has 0 heterocycles. The molecule has 0 aliphatic heterocycles. The van der Waals surface area contributed by atoms with Gasteiger partial charge in [0.1, 0.15) is 0 Å². The molecule has 0 bridgehead atoms. The van der Waals surface area contributed by atoms with Gasteiger partial charge in [0, 0.05) is 29.4 Å². The third kappa shape index (κ3) is 3.89. The Kier molecular flexibility index (Phi) is 5.09. The first-order chi connectivity index (χ1) is 10.0. The molecule has 1 fully saturated rings. The second-order valence-electron chi connectivity index (χ2n) is 5.61. The first-order valence-electron chi connectivity index (χ1n) is 7.34. The molecule has 21 heavy (non-hydrogen) atoms. The molecule has 1 aromatic carbocycles. The first-order valence-corrected chi connectivity index (χ1v) is 7.34. The van der Waals surface area contributed by atoms with Gasteiger partial charge in [0.05, 0.1) is 4.92 Å². The lowest BCUT2D eigenvalue weighted by molar-refractivity contribution is -0.385. The van der Waals surface area contributed by atoms with E-state index in [9.17, 15) is 18.9 Å². The SMILES string of the molecule is CCC1CCCC(Nc2ccc([N+](=O)[O-])cc2C(F)F)C1. The van der Waals surface area contributed by atoms with Gasteiger partial charge in [-0.15, -0.1) is 0 Å². The average molecular weight is 298 g/mol. The van der Waals surface area contributed by atoms with Crippen molar-refractivity contribution in [3.63, 3.8) is 0 Å². The van der Waals surface area contributed by atoms with E-state index in [1.165, 1.54) is 18.6 Å². The molecule has 2 rings (SSSR count). The summed E-state index contributed by atoms with van der Waals surface area (Å²) in [6.45, 7) is 2.14. The quantitative estimate of drug-likeness (QED) is 0.620. The molecule has 0 spiro atoms. The largest absolute Gasteiger partial charge is 0.382 e. The van der Waals surface area contributed by atoms with Crippen molar-refractivity contribution in [1.82, 2.24) is 0 Å². The highest BCUT2D eigenvalue weighted by Crippen LogP contribution is 2.34. The molecule has 0 saturated heterocycles. The van der Waals surface area contributed by atoms with E-state index in [0.717, 1.165) is 31.7 Å². The highest BCUT2D eigenvalue weighted by molar-refractivity contribution is 5.57. The number of nitro groups is 1. The Bertz CT molecular complexity index is 508. The van der Waals surface area contributed by atoms with Gasteiger partial charge in [0.15, 0.2) is 0 Å². The van der Waals surface area contributed by atoms with E-state index in [-0.39, 0.29) is 17.3 Å². The minimum atomic E-state index is -2.72. The number of nitrogens with one attached hydrogen (secondary N) is 1. The van der Waals surface area contributed by atoms with Gasteiger partial charge in [-0.25, -0.2) is 8.78 Å². The maximum absolute atomic E-state index is 13.1. The van der Waals surface area contributed by atoms with E-state index in [1.54, 1.807) is 0 Å². The zero-order valence-electron chi connectivity index (χ0n) is 12.0. The number of hydrogen-bond donors (Lipinski definition) is 1. The molecule has 0 aromatic heterocycles. The van der Waals surface area contributed by atoms with E-state index in [4.69, 9.17) is 0 Å². The number of hydrogen-bond acceptors (Lipinski definition) is 3. The second-order valence-corrected chi connectivity index (χ2v) is 5.61. The van der Waals surface area contributed by atoms with Crippen LogP contribution in [0.1, 0.15) is 51.0 Å². The van der Waals surface area contributed by atoms with Gasteiger partial charge in [0.25, 0.3) is 12.1 Å². The molecule has 0 radical (unpaired) electrons. The average Bonchev–Trinajstić information content (AvgIpc) is 2.47. The predicted octanol–water partition coefficient (Wildman–Crippen LogP) is 4.91. The minimum absolute atomic E-state index is 0.169. The van der Waals surface area contributed by atoms with Crippen molar-refractivity contribution >= 4 is 11.4 Å². The fourth-order valence-electron chi connectivity index (χ4n) is 2.99. The lowest BCUT2D eigenvalue weighted by Gasteiger charge is -2.30. The van der Waals surface area contributed by atoms with E-state index in [0.29, 0.717) is 11.6 Å². The molecule has 4 nitrogen and oxygen atoms in total. The highest BCUT2D eigenvalue weighted by Gasteiger charge is 2.23. The summed E-state index contributed by atoms with van der Waals surface area (Å²) < 4.78 is 26.2. The maximum Gasteiger partial charge on any atom is 0.270 e. The standard InChI is InChI=1S/C15H20F2N2O2/c1-2-10-4-3-5-11(8-10)18-14-7-6-12(19(20)21)9-13(14)15(16)17/h6-7,9-11,15,18H,2-5,8H2,1H3. The van der Waals surface area contributed by atoms with Crippen molar-refractivity contribution in [3.05, 3.63) is 33.9 Å². The monoisotopic (exact) mass is 298 g/mol. The Labute approximate surface area is 122 Å². The van der Waals surface area contributed by atoms with Crippen molar-refractivity contribution in [3.8, 4) is 0 Å². The van der Waals surface area contributed by atoms with Gasteiger partial charge in [-0.2, -0.15) is 0 Å².